The second-order valence-electron chi connectivity index (χ2n) is 6.54. The quantitative estimate of drug-likeness (QED) is 0.309. The largest absolute Gasteiger partial charge is 0.311 e. The van der Waals surface area contributed by atoms with Gasteiger partial charge in [0.25, 0.3) is 0 Å². The molecule has 0 amide bonds. The number of rotatable bonds is 7. The van der Waals surface area contributed by atoms with Crippen molar-refractivity contribution < 1.29 is 0 Å². The summed E-state index contributed by atoms with van der Waals surface area (Å²) in [7, 11) is 0. The molecular weight excluding hydrogens is 338 g/mol. The van der Waals surface area contributed by atoms with Gasteiger partial charge < -0.3 is 4.90 Å². The van der Waals surface area contributed by atoms with Crippen LogP contribution in [-0.4, -0.2) is 0 Å². The average Bonchev–Trinajstić information content (AvgIpc) is 2.74. The molecule has 0 heterocycles. The van der Waals surface area contributed by atoms with Crippen molar-refractivity contribution in [3.05, 3.63) is 133 Å². The van der Waals surface area contributed by atoms with E-state index in [1.54, 1.807) is 6.08 Å². The van der Waals surface area contributed by atoms with Crippen LogP contribution in [0.4, 0.5) is 11.4 Å². The first-order chi connectivity index (χ1) is 13.7. The summed E-state index contributed by atoms with van der Waals surface area (Å²) < 4.78 is 0. The molecule has 0 radical (unpaired) electrons. The predicted molar refractivity (Wildman–Crippen MR) is 124 cm³/mol. The fourth-order valence-corrected chi connectivity index (χ4v) is 2.98. The lowest BCUT2D eigenvalue weighted by atomic mass is 10.1. The maximum absolute atomic E-state index is 3.97. The van der Waals surface area contributed by atoms with Gasteiger partial charge in [-0.1, -0.05) is 91.5 Å². The Hall–Kier alpha value is -3.58. The molecule has 0 spiro atoms. The van der Waals surface area contributed by atoms with Crippen LogP contribution in [0.3, 0.4) is 0 Å². The SMILES string of the molecule is C=C/C=C(\C=C)N(c1ccccc1)c1ccc(C=Cc2ccc(C)cc2)cc1. The molecule has 0 saturated carbocycles. The predicted octanol–water partition coefficient (Wildman–Crippen LogP) is 7.56. The Morgan fingerprint density at radius 3 is 1.79 bits per heavy atom. The van der Waals surface area contributed by atoms with E-state index in [9.17, 15) is 0 Å². The summed E-state index contributed by atoms with van der Waals surface area (Å²) in [6.45, 7) is 9.90. The van der Waals surface area contributed by atoms with Crippen LogP contribution in [0.2, 0.25) is 0 Å². The van der Waals surface area contributed by atoms with Crippen LogP contribution in [-0.2, 0) is 0 Å². The molecule has 1 nitrogen and oxygen atoms in total. The van der Waals surface area contributed by atoms with Crippen LogP contribution < -0.4 is 4.90 Å². The van der Waals surface area contributed by atoms with Gasteiger partial charge in [0.1, 0.15) is 0 Å². The molecule has 3 aromatic carbocycles. The lowest BCUT2D eigenvalue weighted by Crippen LogP contribution is -2.14. The van der Waals surface area contributed by atoms with Crippen LogP contribution in [0.15, 0.2) is 116 Å². The Labute approximate surface area is 168 Å². The molecule has 0 fully saturated rings. The van der Waals surface area contributed by atoms with Gasteiger partial charge >= 0.3 is 0 Å². The Kier molecular flexibility index (Phi) is 6.43. The second-order valence-corrected chi connectivity index (χ2v) is 6.54. The van der Waals surface area contributed by atoms with Gasteiger partial charge in [0, 0.05) is 17.1 Å². The van der Waals surface area contributed by atoms with E-state index in [1.165, 1.54) is 11.1 Å². The summed E-state index contributed by atoms with van der Waals surface area (Å²) in [5.41, 5.74) is 6.76. The van der Waals surface area contributed by atoms with Gasteiger partial charge in [0.2, 0.25) is 0 Å². The summed E-state index contributed by atoms with van der Waals surface area (Å²) in [6.07, 6.45) is 9.86. The molecule has 0 unspecified atom stereocenters. The van der Waals surface area contributed by atoms with Crippen LogP contribution in [0.25, 0.3) is 12.2 Å². The molecule has 0 aliphatic carbocycles. The molecule has 0 aliphatic rings. The summed E-state index contributed by atoms with van der Waals surface area (Å²) in [5, 5.41) is 0. The molecule has 0 saturated heterocycles. The first kappa shape index (κ1) is 19.2. The molecule has 0 aromatic heterocycles. The molecule has 138 valence electrons. The van der Waals surface area contributed by atoms with Gasteiger partial charge in [0.15, 0.2) is 0 Å². The zero-order chi connectivity index (χ0) is 19.8. The van der Waals surface area contributed by atoms with E-state index in [2.05, 4.69) is 97.8 Å². The molecule has 3 rings (SSSR count). The number of hydrogen-bond acceptors (Lipinski definition) is 1. The van der Waals surface area contributed by atoms with E-state index >= 15 is 0 Å². The number of benzene rings is 3. The molecular formula is C27H25N. The summed E-state index contributed by atoms with van der Waals surface area (Å²) in [6, 6.07) is 27.3. The normalized spacial score (nSPS) is 11.4. The molecule has 0 aliphatic heterocycles. The summed E-state index contributed by atoms with van der Waals surface area (Å²) >= 11 is 0. The Morgan fingerprint density at radius 1 is 0.714 bits per heavy atom. The molecule has 3 aromatic rings. The van der Waals surface area contributed by atoms with Gasteiger partial charge in [-0.3, -0.25) is 0 Å². The van der Waals surface area contributed by atoms with Crippen molar-refractivity contribution in [3.63, 3.8) is 0 Å². The van der Waals surface area contributed by atoms with E-state index in [0.717, 1.165) is 22.6 Å². The van der Waals surface area contributed by atoms with Crippen molar-refractivity contribution in [2.24, 2.45) is 0 Å². The third-order valence-corrected chi connectivity index (χ3v) is 4.47. The lowest BCUT2D eigenvalue weighted by molar-refractivity contribution is 1.21. The van der Waals surface area contributed by atoms with Crippen molar-refractivity contribution in [1.29, 1.82) is 0 Å². The summed E-state index contributed by atoms with van der Waals surface area (Å²) in [5.74, 6) is 0. The van der Waals surface area contributed by atoms with Crippen molar-refractivity contribution in [1.82, 2.24) is 0 Å². The summed E-state index contributed by atoms with van der Waals surface area (Å²) in [4.78, 5) is 2.17. The van der Waals surface area contributed by atoms with Crippen molar-refractivity contribution in [2.45, 2.75) is 6.92 Å². The van der Waals surface area contributed by atoms with Crippen LogP contribution in [0.5, 0.6) is 0 Å². The van der Waals surface area contributed by atoms with Crippen molar-refractivity contribution >= 4 is 23.5 Å². The zero-order valence-corrected chi connectivity index (χ0v) is 16.3. The third kappa shape index (κ3) is 4.77. The molecule has 0 bridgehead atoms. The van der Waals surface area contributed by atoms with Gasteiger partial charge in [-0.15, -0.1) is 0 Å². The number of aryl methyl sites for hydroxylation is 1. The monoisotopic (exact) mass is 363 g/mol. The van der Waals surface area contributed by atoms with E-state index in [0.29, 0.717) is 0 Å². The minimum absolute atomic E-state index is 0.976. The lowest BCUT2D eigenvalue weighted by Gasteiger charge is -2.26. The number of anilines is 2. The Balaban J connectivity index is 1.89. The van der Waals surface area contributed by atoms with Gasteiger partial charge in [-0.25, -0.2) is 0 Å². The highest BCUT2D eigenvalue weighted by Gasteiger charge is 2.11. The smallest absolute Gasteiger partial charge is 0.0462 e. The van der Waals surface area contributed by atoms with Crippen LogP contribution >= 0.6 is 0 Å². The number of nitrogens with zero attached hydrogens (tertiary/aromatic N) is 1. The fourth-order valence-electron chi connectivity index (χ4n) is 2.98. The standard InChI is InChI=1S/C27H25N/c1-4-9-25(5-2)28(26-10-7-6-8-11-26)27-20-18-24(19-21-27)17-16-23-14-12-22(3)13-15-23/h4-21H,1-2H2,3H3/b17-16?,25-9+. The van der Waals surface area contributed by atoms with Crippen LogP contribution in [0, 0.1) is 6.92 Å². The highest BCUT2D eigenvalue weighted by atomic mass is 15.1. The van der Waals surface area contributed by atoms with Gasteiger partial charge in [-0.05, 0) is 54.5 Å². The maximum atomic E-state index is 3.97. The topological polar surface area (TPSA) is 3.24 Å². The number of para-hydroxylation sites is 1. The second kappa shape index (κ2) is 9.38. The van der Waals surface area contributed by atoms with E-state index in [-0.39, 0.29) is 0 Å². The Bertz CT molecular complexity index is 975. The third-order valence-electron chi connectivity index (χ3n) is 4.47. The van der Waals surface area contributed by atoms with Crippen molar-refractivity contribution in [3.8, 4) is 0 Å². The zero-order valence-electron chi connectivity index (χ0n) is 16.3. The van der Waals surface area contributed by atoms with Gasteiger partial charge in [-0.2, -0.15) is 0 Å². The molecule has 28 heavy (non-hydrogen) atoms. The first-order valence-electron chi connectivity index (χ1n) is 9.36. The maximum Gasteiger partial charge on any atom is 0.0462 e. The number of allylic oxidation sites excluding steroid dienone is 3. The fraction of sp³-hybridized carbons (Fsp3) is 0.0370. The van der Waals surface area contributed by atoms with E-state index in [4.69, 9.17) is 0 Å². The Morgan fingerprint density at radius 2 is 1.25 bits per heavy atom. The highest BCUT2D eigenvalue weighted by Crippen LogP contribution is 2.30. The van der Waals surface area contributed by atoms with Crippen molar-refractivity contribution in [2.75, 3.05) is 4.90 Å². The van der Waals surface area contributed by atoms with Gasteiger partial charge in [0.05, 0.1) is 0 Å². The minimum Gasteiger partial charge on any atom is -0.311 e. The first-order valence-corrected chi connectivity index (χ1v) is 9.36. The van der Waals surface area contributed by atoms with Crippen LogP contribution in [0.1, 0.15) is 16.7 Å². The average molecular weight is 364 g/mol. The molecule has 0 N–H and O–H groups in total. The molecule has 1 heteroatoms. The van der Waals surface area contributed by atoms with E-state index in [1.807, 2.05) is 30.4 Å². The number of hydrogen-bond donors (Lipinski definition) is 0. The highest BCUT2D eigenvalue weighted by molar-refractivity contribution is 5.74. The molecule has 0 atom stereocenters. The van der Waals surface area contributed by atoms with E-state index < -0.39 is 0 Å². The minimum atomic E-state index is 0.976.